The van der Waals surface area contributed by atoms with Crippen molar-refractivity contribution in [2.24, 2.45) is 0 Å². The summed E-state index contributed by atoms with van der Waals surface area (Å²) in [5, 5.41) is 4.99. The van der Waals surface area contributed by atoms with Crippen LogP contribution in [0.25, 0.3) is 0 Å². The minimum absolute atomic E-state index is 0.183. The molecular formula is C15H20N3O4+. The molecule has 7 heteroatoms. The van der Waals surface area contributed by atoms with E-state index in [0.717, 1.165) is 25.9 Å². The maximum Gasteiger partial charge on any atom is 0.326 e. The van der Waals surface area contributed by atoms with Crippen LogP contribution in [-0.2, 0) is 4.79 Å². The zero-order chi connectivity index (χ0) is 15.4. The van der Waals surface area contributed by atoms with Crippen molar-refractivity contribution < 1.29 is 24.0 Å². The van der Waals surface area contributed by atoms with Crippen molar-refractivity contribution in [3.05, 3.63) is 18.2 Å². The van der Waals surface area contributed by atoms with Gasteiger partial charge in [-0.2, -0.15) is 0 Å². The fraction of sp³-hybridized carbons (Fsp3) is 0.467. The highest BCUT2D eigenvalue weighted by molar-refractivity contribution is 6.01. The number of ether oxygens (including phenoxy) is 2. The topological polar surface area (TPSA) is 81.1 Å². The van der Waals surface area contributed by atoms with E-state index < -0.39 is 6.03 Å². The van der Waals surface area contributed by atoms with Gasteiger partial charge in [-0.3, -0.25) is 10.1 Å². The first-order chi connectivity index (χ1) is 10.7. The summed E-state index contributed by atoms with van der Waals surface area (Å²) in [5.41, 5.74) is 0.555. The zero-order valence-electron chi connectivity index (χ0n) is 12.3. The van der Waals surface area contributed by atoms with Crippen molar-refractivity contribution >= 4 is 17.6 Å². The standard InChI is InChI=1S/C15H19N3O4/c19-14(9-18-6-2-1-3-7-18)17-15(20)16-11-4-5-12-13(8-11)22-10-21-12/h4-5,8H,1-3,6-7,9-10H2,(H2,16,17,19,20)/p+1. The molecule has 2 aliphatic rings. The Morgan fingerprint density at radius 3 is 2.68 bits per heavy atom. The molecule has 7 nitrogen and oxygen atoms in total. The van der Waals surface area contributed by atoms with E-state index in [1.807, 2.05) is 0 Å². The van der Waals surface area contributed by atoms with E-state index >= 15 is 0 Å². The van der Waals surface area contributed by atoms with Gasteiger partial charge in [-0.05, 0) is 31.4 Å². The van der Waals surface area contributed by atoms with Crippen LogP contribution in [0.2, 0.25) is 0 Å². The van der Waals surface area contributed by atoms with Crippen LogP contribution in [0.15, 0.2) is 18.2 Å². The first-order valence-electron chi connectivity index (χ1n) is 7.55. The van der Waals surface area contributed by atoms with Gasteiger partial charge in [0.25, 0.3) is 5.91 Å². The van der Waals surface area contributed by atoms with Gasteiger partial charge in [-0.25, -0.2) is 4.79 Å². The maximum atomic E-state index is 11.9. The number of piperidine rings is 1. The summed E-state index contributed by atoms with van der Waals surface area (Å²) in [6.07, 6.45) is 3.52. The Morgan fingerprint density at radius 2 is 1.86 bits per heavy atom. The van der Waals surface area contributed by atoms with Crippen LogP contribution < -0.4 is 25.0 Å². The van der Waals surface area contributed by atoms with Crippen molar-refractivity contribution in [1.82, 2.24) is 5.32 Å². The molecule has 0 spiro atoms. The van der Waals surface area contributed by atoms with Crippen LogP contribution in [0.4, 0.5) is 10.5 Å². The molecule has 2 aliphatic heterocycles. The number of anilines is 1. The van der Waals surface area contributed by atoms with E-state index in [1.54, 1.807) is 18.2 Å². The number of carbonyl (C=O) groups excluding carboxylic acids is 2. The Kier molecular flexibility index (Phi) is 4.43. The van der Waals surface area contributed by atoms with Crippen LogP contribution in [0.1, 0.15) is 19.3 Å². The first-order valence-corrected chi connectivity index (χ1v) is 7.55. The van der Waals surface area contributed by atoms with Gasteiger partial charge >= 0.3 is 6.03 Å². The third-order valence-corrected chi connectivity index (χ3v) is 3.85. The smallest absolute Gasteiger partial charge is 0.326 e. The predicted molar refractivity (Wildman–Crippen MR) is 79.1 cm³/mol. The molecule has 1 fully saturated rings. The van der Waals surface area contributed by atoms with Crippen molar-refractivity contribution in [3.63, 3.8) is 0 Å². The number of carbonyl (C=O) groups is 2. The summed E-state index contributed by atoms with van der Waals surface area (Å²) in [6, 6.07) is 4.56. The van der Waals surface area contributed by atoms with Gasteiger partial charge in [0.15, 0.2) is 18.0 Å². The number of imide groups is 1. The monoisotopic (exact) mass is 306 g/mol. The van der Waals surface area contributed by atoms with Crippen LogP contribution in [-0.4, -0.2) is 38.4 Å². The molecule has 118 valence electrons. The maximum absolute atomic E-state index is 11.9. The fourth-order valence-electron chi connectivity index (χ4n) is 2.76. The van der Waals surface area contributed by atoms with Crippen molar-refractivity contribution in [2.75, 3.05) is 31.7 Å². The molecule has 0 radical (unpaired) electrons. The molecule has 1 saturated heterocycles. The van der Waals surface area contributed by atoms with Crippen LogP contribution in [0.3, 0.4) is 0 Å². The minimum atomic E-state index is -0.528. The molecule has 3 rings (SSSR count). The van der Waals surface area contributed by atoms with E-state index in [1.165, 1.54) is 11.3 Å². The van der Waals surface area contributed by atoms with Crippen molar-refractivity contribution in [3.8, 4) is 11.5 Å². The van der Waals surface area contributed by atoms with E-state index in [0.29, 0.717) is 23.7 Å². The second-order valence-corrected chi connectivity index (χ2v) is 5.56. The van der Waals surface area contributed by atoms with E-state index in [4.69, 9.17) is 9.47 Å². The lowest BCUT2D eigenvalue weighted by Gasteiger charge is -2.22. The lowest BCUT2D eigenvalue weighted by molar-refractivity contribution is -0.896. The lowest BCUT2D eigenvalue weighted by Crippen LogP contribution is -3.14. The zero-order valence-corrected chi connectivity index (χ0v) is 12.3. The highest BCUT2D eigenvalue weighted by Gasteiger charge is 2.19. The van der Waals surface area contributed by atoms with Crippen molar-refractivity contribution in [1.29, 1.82) is 0 Å². The molecule has 0 aromatic heterocycles. The average Bonchev–Trinajstić information content (AvgIpc) is 2.95. The van der Waals surface area contributed by atoms with Gasteiger partial charge in [0.2, 0.25) is 6.79 Å². The average molecular weight is 306 g/mol. The number of hydrogen-bond donors (Lipinski definition) is 3. The molecule has 1 aromatic rings. The number of nitrogens with one attached hydrogen (secondary N) is 3. The number of amides is 3. The summed E-state index contributed by atoms with van der Waals surface area (Å²) in [7, 11) is 0. The fourth-order valence-corrected chi connectivity index (χ4v) is 2.76. The number of benzene rings is 1. The molecule has 1 aromatic carbocycles. The van der Waals surface area contributed by atoms with Gasteiger partial charge in [0.05, 0.1) is 13.1 Å². The van der Waals surface area contributed by atoms with Crippen LogP contribution in [0, 0.1) is 0 Å². The number of quaternary nitrogens is 1. The highest BCUT2D eigenvalue weighted by Crippen LogP contribution is 2.34. The summed E-state index contributed by atoms with van der Waals surface area (Å²) in [6.45, 7) is 2.52. The summed E-state index contributed by atoms with van der Waals surface area (Å²) in [4.78, 5) is 24.9. The Hall–Kier alpha value is -2.28. The molecule has 0 saturated carbocycles. The first kappa shape index (κ1) is 14.6. The van der Waals surface area contributed by atoms with Crippen LogP contribution in [0.5, 0.6) is 11.5 Å². The van der Waals surface area contributed by atoms with Gasteiger partial charge in [-0.15, -0.1) is 0 Å². The highest BCUT2D eigenvalue weighted by atomic mass is 16.7. The molecule has 0 bridgehead atoms. The van der Waals surface area contributed by atoms with Crippen LogP contribution >= 0.6 is 0 Å². The number of fused-ring (bicyclic) bond motifs is 1. The molecular weight excluding hydrogens is 286 g/mol. The third-order valence-electron chi connectivity index (χ3n) is 3.85. The van der Waals surface area contributed by atoms with Gasteiger partial charge in [0.1, 0.15) is 0 Å². The van der Waals surface area contributed by atoms with Crippen molar-refractivity contribution in [2.45, 2.75) is 19.3 Å². The molecule has 0 atom stereocenters. The largest absolute Gasteiger partial charge is 0.454 e. The Bertz CT molecular complexity index is 570. The molecule has 3 N–H and O–H groups in total. The quantitative estimate of drug-likeness (QED) is 0.741. The SMILES string of the molecule is O=C(C[NH+]1CCCCC1)NC(=O)Nc1ccc2c(c1)OCO2. The molecule has 0 unspecified atom stereocenters. The number of likely N-dealkylation sites (tertiary alicyclic amines) is 1. The van der Waals surface area contributed by atoms with Gasteiger partial charge in [-0.1, -0.05) is 0 Å². The number of urea groups is 1. The summed E-state index contributed by atoms with van der Waals surface area (Å²) in [5.74, 6) is 0.979. The normalized spacial score (nSPS) is 17.1. The minimum Gasteiger partial charge on any atom is -0.454 e. The predicted octanol–water partition coefficient (Wildman–Crippen LogP) is 0.132. The van der Waals surface area contributed by atoms with E-state index in [2.05, 4.69) is 10.6 Å². The number of rotatable bonds is 3. The summed E-state index contributed by atoms with van der Waals surface area (Å²) < 4.78 is 10.4. The molecule has 2 heterocycles. The Labute approximate surface area is 128 Å². The Balaban J connectivity index is 1.48. The second kappa shape index (κ2) is 6.65. The molecule has 0 aliphatic carbocycles. The summed E-state index contributed by atoms with van der Waals surface area (Å²) >= 11 is 0. The lowest BCUT2D eigenvalue weighted by atomic mass is 10.1. The second-order valence-electron chi connectivity index (χ2n) is 5.56. The van der Waals surface area contributed by atoms with E-state index in [9.17, 15) is 9.59 Å². The molecule has 22 heavy (non-hydrogen) atoms. The van der Waals surface area contributed by atoms with E-state index in [-0.39, 0.29) is 12.7 Å². The number of hydrogen-bond acceptors (Lipinski definition) is 4. The van der Waals surface area contributed by atoms with Gasteiger partial charge < -0.3 is 19.7 Å². The Morgan fingerprint density at radius 1 is 1.09 bits per heavy atom. The molecule has 3 amide bonds. The third kappa shape index (κ3) is 3.67. The van der Waals surface area contributed by atoms with Gasteiger partial charge in [0, 0.05) is 11.8 Å².